The van der Waals surface area contributed by atoms with Crippen molar-refractivity contribution < 1.29 is 9.90 Å². The minimum absolute atomic E-state index is 0.395. The van der Waals surface area contributed by atoms with Gasteiger partial charge < -0.3 is 5.11 Å². The van der Waals surface area contributed by atoms with Crippen LogP contribution in [0.2, 0.25) is 0 Å². The van der Waals surface area contributed by atoms with E-state index in [0.717, 1.165) is 23.9 Å². The Bertz CT molecular complexity index is 446. The Labute approximate surface area is 107 Å². The SMILES string of the molecule is O=C(O)c1cccc(CN2CC3CCCC3C2)c1. The lowest BCUT2D eigenvalue weighted by molar-refractivity contribution is 0.0696. The second-order valence-corrected chi connectivity index (χ2v) is 5.65. The number of benzene rings is 1. The predicted molar refractivity (Wildman–Crippen MR) is 69.5 cm³/mol. The van der Waals surface area contributed by atoms with E-state index in [0.29, 0.717) is 5.56 Å². The Kier molecular flexibility index (Phi) is 3.08. The Morgan fingerprint density at radius 2 is 2.00 bits per heavy atom. The third-order valence-corrected chi connectivity index (χ3v) is 4.38. The maximum Gasteiger partial charge on any atom is 0.335 e. The Morgan fingerprint density at radius 3 is 2.67 bits per heavy atom. The van der Waals surface area contributed by atoms with Crippen molar-refractivity contribution >= 4 is 5.97 Å². The molecule has 3 rings (SSSR count). The van der Waals surface area contributed by atoms with E-state index < -0.39 is 5.97 Å². The summed E-state index contributed by atoms with van der Waals surface area (Å²) in [5.41, 5.74) is 1.52. The van der Waals surface area contributed by atoms with Crippen LogP contribution in [0.5, 0.6) is 0 Å². The van der Waals surface area contributed by atoms with Crippen LogP contribution in [-0.2, 0) is 6.54 Å². The first-order valence-corrected chi connectivity index (χ1v) is 6.77. The molecule has 0 radical (unpaired) electrons. The molecule has 3 heteroatoms. The number of carbonyl (C=O) groups is 1. The largest absolute Gasteiger partial charge is 0.478 e. The third kappa shape index (κ3) is 2.27. The molecule has 2 unspecified atom stereocenters. The maximum absolute atomic E-state index is 10.9. The van der Waals surface area contributed by atoms with Crippen molar-refractivity contribution in [3.05, 3.63) is 35.4 Å². The zero-order chi connectivity index (χ0) is 12.5. The van der Waals surface area contributed by atoms with E-state index in [4.69, 9.17) is 5.11 Å². The van der Waals surface area contributed by atoms with E-state index in [1.807, 2.05) is 12.1 Å². The summed E-state index contributed by atoms with van der Waals surface area (Å²) in [5.74, 6) is 0.954. The highest BCUT2D eigenvalue weighted by Crippen LogP contribution is 2.38. The minimum Gasteiger partial charge on any atom is -0.478 e. The van der Waals surface area contributed by atoms with E-state index >= 15 is 0 Å². The summed E-state index contributed by atoms with van der Waals surface area (Å²) in [7, 11) is 0. The number of aromatic carboxylic acids is 1. The topological polar surface area (TPSA) is 40.5 Å². The van der Waals surface area contributed by atoms with Crippen molar-refractivity contribution in [2.75, 3.05) is 13.1 Å². The fraction of sp³-hybridized carbons (Fsp3) is 0.533. The van der Waals surface area contributed by atoms with Crippen LogP contribution in [0.3, 0.4) is 0 Å². The Balaban J connectivity index is 1.66. The van der Waals surface area contributed by atoms with Gasteiger partial charge in [-0.25, -0.2) is 4.79 Å². The van der Waals surface area contributed by atoms with E-state index in [1.165, 1.54) is 32.4 Å². The van der Waals surface area contributed by atoms with Crippen LogP contribution in [0.15, 0.2) is 24.3 Å². The summed E-state index contributed by atoms with van der Waals surface area (Å²) < 4.78 is 0. The van der Waals surface area contributed by atoms with Gasteiger partial charge in [0, 0.05) is 19.6 Å². The molecule has 2 fully saturated rings. The number of nitrogens with zero attached hydrogens (tertiary/aromatic N) is 1. The summed E-state index contributed by atoms with van der Waals surface area (Å²) in [6.07, 6.45) is 4.17. The molecule has 3 nitrogen and oxygen atoms in total. The molecular weight excluding hydrogens is 226 g/mol. The van der Waals surface area contributed by atoms with Gasteiger partial charge in [-0.3, -0.25) is 4.90 Å². The molecule has 1 saturated carbocycles. The molecule has 0 amide bonds. The van der Waals surface area contributed by atoms with Crippen LogP contribution in [0.4, 0.5) is 0 Å². The van der Waals surface area contributed by atoms with Gasteiger partial charge in [0.2, 0.25) is 0 Å². The van der Waals surface area contributed by atoms with Crippen molar-refractivity contribution in [3.8, 4) is 0 Å². The summed E-state index contributed by atoms with van der Waals surface area (Å²) in [4.78, 5) is 13.4. The number of fused-ring (bicyclic) bond motifs is 1. The molecule has 1 aliphatic heterocycles. The fourth-order valence-electron chi connectivity index (χ4n) is 3.52. The normalized spacial score (nSPS) is 27.3. The van der Waals surface area contributed by atoms with Crippen molar-refractivity contribution in [2.45, 2.75) is 25.8 Å². The van der Waals surface area contributed by atoms with Crippen molar-refractivity contribution in [1.82, 2.24) is 4.90 Å². The van der Waals surface area contributed by atoms with Crippen LogP contribution in [0.1, 0.15) is 35.2 Å². The summed E-state index contributed by atoms with van der Waals surface area (Å²) in [6, 6.07) is 7.33. The average Bonchev–Trinajstić information content (AvgIpc) is 2.90. The molecular formula is C15H19NO2. The van der Waals surface area contributed by atoms with Gasteiger partial charge in [-0.1, -0.05) is 18.6 Å². The number of likely N-dealkylation sites (tertiary alicyclic amines) is 1. The van der Waals surface area contributed by atoms with Crippen LogP contribution in [-0.4, -0.2) is 29.1 Å². The standard InChI is InChI=1S/C15H19NO2/c17-15(18)12-4-1-3-11(7-12)8-16-9-13-5-2-6-14(13)10-16/h1,3-4,7,13-14H,2,5-6,8-10H2,(H,17,18). The molecule has 1 aromatic rings. The number of carboxylic acid groups (broad SMARTS) is 1. The van der Waals surface area contributed by atoms with Gasteiger partial charge in [0.15, 0.2) is 0 Å². The molecule has 96 valence electrons. The molecule has 1 N–H and O–H groups in total. The quantitative estimate of drug-likeness (QED) is 0.890. The van der Waals surface area contributed by atoms with E-state index in [-0.39, 0.29) is 0 Å². The summed E-state index contributed by atoms with van der Waals surface area (Å²) in [6.45, 7) is 3.29. The molecule has 0 aromatic heterocycles. The van der Waals surface area contributed by atoms with Crippen LogP contribution in [0.25, 0.3) is 0 Å². The van der Waals surface area contributed by atoms with Gasteiger partial charge >= 0.3 is 5.97 Å². The first-order chi connectivity index (χ1) is 8.72. The lowest BCUT2D eigenvalue weighted by Crippen LogP contribution is -2.21. The van der Waals surface area contributed by atoms with E-state index in [1.54, 1.807) is 12.1 Å². The van der Waals surface area contributed by atoms with Crippen molar-refractivity contribution in [3.63, 3.8) is 0 Å². The summed E-state index contributed by atoms with van der Waals surface area (Å²) in [5, 5.41) is 8.99. The Morgan fingerprint density at radius 1 is 1.28 bits per heavy atom. The second kappa shape index (κ2) is 4.73. The van der Waals surface area contributed by atoms with Crippen LogP contribution >= 0.6 is 0 Å². The molecule has 0 spiro atoms. The molecule has 1 aromatic carbocycles. The smallest absolute Gasteiger partial charge is 0.335 e. The third-order valence-electron chi connectivity index (χ3n) is 4.38. The van der Waals surface area contributed by atoms with Gasteiger partial charge in [0.1, 0.15) is 0 Å². The summed E-state index contributed by atoms with van der Waals surface area (Å²) >= 11 is 0. The molecule has 1 aliphatic carbocycles. The number of hydrogen-bond donors (Lipinski definition) is 1. The fourth-order valence-corrected chi connectivity index (χ4v) is 3.52. The van der Waals surface area contributed by atoms with E-state index in [9.17, 15) is 4.79 Å². The van der Waals surface area contributed by atoms with Gasteiger partial charge in [-0.15, -0.1) is 0 Å². The molecule has 0 bridgehead atoms. The predicted octanol–water partition coefficient (Wildman–Crippen LogP) is 2.62. The molecule has 1 saturated heterocycles. The van der Waals surface area contributed by atoms with Gasteiger partial charge in [-0.05, 0) is 42.4 Å². The molecule has 18 heavy (non-hydrogen) atoms. The highest BCUT2D eigenvalue weighted by molar-refractivity contribution is 5.87. The monoisotopic (exact) mass is 245 g/mol. The average molecular weight is 245 g/mol. The number of carboxylic acids is 1. The lowest BCUT2D eigenvalue weighted by atomic mass is 10.0. The van der Waals surface area contributed by atoms with Crippen molar-refractivity contribution in [1.29, 1.82) is 0 Å². The zero-order valence-corrected chi connectivity index (χ0v) is 10.5. The van der Waals surface area contributed by atoms with E-state index in [2.05, 4.69) is 4.90 Å². The molecule has 2 atom stereocenters. The zero-order valence-electron chi connectivity index (χ0n) is 10.5. The number of rotatable bonds is 3. The minimum atomic E-state index is -0.838. The first-order valence-electron chi connectivity index (χ1n) is 6.77. The number of hydrogen-bond acceptors (Lipinski definition) is 2. The highest BCUT2D eigenvalue weighted by atomic mass is 16.4. The molecule has 1 heterocycles. The lowest BCUT2D eigenvalue weighted by Gasteiger charge is -2.16. The van der Waals surface area contributed by atoms with Crippen LogP contribution in [0, 0.1) is 11.8 Å². The highest BCUT2D eigenvalue weighted by Gasteiger charge is 2.35. The second-order valence-electron chi connectivity index (χ2n) is 5.65. The van der Waals surface area contributed by atoms with Gasteiger partial charge in [-0.2, -0.15) is 0 Å². The van der Waals surface area contributed by atoms with Gasteiger partial charge in [0.25, 0.3) is 0 Å². The maximum atomic E-state index is 10.9. The first kappa shape index (κ1) is 11.7. The Hall–Kier alpha value is -1.35. The van der Waals surface area contributed by atoms with Crippen molar-refractivity contribution in [2.24, 2.45) is 11.8 Å². The van der Waals surface area contributed by atoms with Crippen LogP contribution < -0.4 is 0 Å². The molecule has 2 aliphatic rings. The van der Waals surface area contributed by atoms with Gasteiger partial charge in [0.05, 0.1) is 5.56 Å².